The fraction of sp³-hybridized carbons (Fsp3) is 0.625. The Balaban J connectivity index is 1.53. The summed E-state index contributed by atoms with van der Waals surface area (Å²) in [6, 6.07) is 9.13. The van der Waals surface area contributed by atoms with E-state index in [9.17, 15) is 14.4 Å². The average molecular weight is 458 g/mol. The highest BCUT2D eigenvalue weighted by Gasteiger charge is 2.49. The molecule has 2 unspecified atom stereocenters. The number of rotatable bonds is 9. The van der Waals surface area contributed by atoms with Crippen LogP contribution in [0.25, 0.3) is 0 Å². The normalized spacial score (nSPS) is 26.5. The number of benzene rings is 1. The maximum atomic E-state index is 13.4. The van der Waals surface area contributed by atoms with Crippen LogP contribution in [-0.2, 0) is 25.5 Å². The summed E-state index contributed by atoms with van der Waals surface area (Å²) in [5, 5.41) is 0. The Morgan fingerprint density at radius 1 is 1.09 bits per heavy atom. The van der Waals surface area contributed by atoms with Crippen molar-refractivity contribution in [2.75, 3.05) is 52.5 Å². The molecule has 3 fully saturated rings. The second-order valence-electron chi connectivity index (χ2n) is 9.07. The van der Waals surface area contributed by atoms with Crippen LogP contribution in [0, 0.1) is 0 Å². The summed E-state index contributed by atoms with van der Waals surface area (Å²) >= 11 is 0. The third kappa shape index (κ3) is 5.37. The minimum Gasteiger partial charge on any atom is -0.379 e. The quantitative estimate of drug-likeness (QED) is 0.520. The number of fused-ring (bicyclic) bond motifs is 1. The maximum Gasteiger partial charge on any atom is 0.245 e. The van der Waals surface area contributed by atoms with E-state index in [4.69, 9.17) is 10.5 Å². The Morgan fingerprint density at radius 3 is 2.55 bits per heavy atom. The molecule has 9 nitrogen and oxygen atoms in total. The summed E-state index contributed by atoms with van der Waals surface area (Å²) in [4.78, 5) is 46.5. The van der Waals surface area contributed by atoms with Crippen LogP contribution in [-0.4, -0.2) is 109 Å². The van der Waals surface area contributed by atoms with E-state index >= 15 is 0 Å². The molecule has 9 heteroatoms. The number of amides is 3. The fourth-order valence-electron chi connectivity index (χ4n) is 5.23. The van der Waals surface area contributed by atoms with E-state index in [0.29, 0.717) is 52.1 Å². The molecule has 180 valence electrons. The maximum absolute atomic E-state index is 13.4. The predicted octanol–water partition coefficient (Wildman–Crippen LogP) is -0.104. The molecule has 33 heavy (non-hydrogen) atoms. The van der Waals surface area contributed by atoms with Gasteiger partial charge in [-0.3, -0.25) is 19.3 Å². The Hall–Kier alpha value is -2.49. The summed E-state index contributed by atoms with van der Waals surface area (Å²) in [6.07, 6.45) is 2.42. The zero-order valence-electron chi connectivity index (χ0n) is 19.2. The molecule has 0 aliphatic carbocycles. The third-order valence-electron chi connectivity index (χ3n) is 7.01. The molecule has 0 aromatic heterocycles. The van der Waals surface area contributed by atoms with Crippen LogP contribution in [0.4, 0.5) is 0 Å². The van der Waals surface area contributed by atoms with Crippen LogP contribution in [0.1, 0.15) is 24.8 Å². The van der Waals surface area contributed by atoms with Gasteiger partial charge in [0.25, 0.3) is 0 Å². The summed E-state index contributed by atoms with van der Waals surface area (Å²) in [7, 11) is 0. The first-order valence-corrected chi connectivity index (χ1v) is 12.0. The van der Waals surface area contributed by atoms with E-state index in [1.807, 2.05) is 35.2 Å². The first-order valence-electron chi connectivity index (χ1n) is 12.0. The fourth-order valence-corrected chi connectivity index (χ4v) is 5.23. The van der Waals surface area contributed by atoms with Crippen molar-refractivity contribution in [3.63, 3.8) is 0 Å². The van der Waals surface area contributed by atoms with Crippen molar-refractivity contribution in [1.29, 1.82) is 0 Å². The van der Waals surface area contributed by atoms with Crippen LogP contribution in [0.3, 0.4) is 0 Å². The lowest BCUT2D eigenvalue weighted by molar-refractivity contribution is -0.176. The van der Waals surface area contributed by atoms with E-state index in [1.54, 1.807) is 9.80 Å². The number of hydrogen-bond acceptors (Lipinski definition) is 6. The first-order chi connectivity index (χ1) is 16.1. The SMILES string of the molecule is NCCC[C@H]1C(=O)N(CCN2CCOCC2)CC2N(C=O)C(Cc3ccccc3)CC(=O)N21. The first kappa shape index (κ1) is 23.7. The molecule has 3 atom stereocenters. The monoisotopic (exact) mass is 457 g/mol. The lowest BCUT2D eigenvalue weighted by Gasteiger charge is -2.54. The van der Waals surface area contributed by atoms with Gasteiger partial charge in [0.05, 0.1) is 19.8 Å². The van der Waals surface area contributed by atoms with Gasteiger partial charge in [-0.2, -0.15) is 0 Å². The second-order valence-corrected chi connectivity index (χ2v) is 9.07. The minimum absolute atomic E-state index is 0.0336. The molecule has 4 rings (SSSR count). The highest BCUT2D eigenvalue weighted by Crippen LogP contribution is 2.31. The van der Waals surface area contributed by atoms with E-state index < -0.39 is 12.2 Å². The molecule has 3 amide bonds. The number of nitrogens with two attached hydrogens (primary N) is 1. The molecule has 0 bridgehead atoms. The number of carbonyl (C=O) groups excluding carboxylic acids is 3. The van der Waals surface area contributed by atoms with Gasteiger partial charge < -0.3 is 25.2 Å². The van der Waals surface area contributed by atoms with Crippen LogP contribution >= 0.6 is 0 Å². The topological polar surface area (TPSA) is 99.4 Å². The standard InChI is InChI=1S/C24H35N5O4/c25-8-4-7-21-24(32)27(10-9-26-11-13-33-14-12-26)17-22-28(18-30)20(16-23(31)29(21)22)15-19-5-2-1-3-6-19/h1-3,5-6,18,20-22H,4,7-17,25H2/t20?,21-,22?/m0/s1. The Labute approximate surface area is 195 Å². The molecule has 3 aliphatic rings. The summed E-state index contributed by atoms with van der Waals surface area (Å²) in [5.41, 5.74) is 6.82. The smallest absolute Gasteiger partial charge is 0.245 e. The number of morpholine rings is 1. The highest BCUT2D eigenvalue weighted by atomic mass is 16.5. The highest BCUT2D eigenvalue weighted by molar-refractivity contribution is 5.90. The number of ether oxygens (including phenoxy) is 1. The van der Waals surface area contributed by atoms with Crippen molar-refractivity contribution in [1.82, 2.24) is 19.6 Å². The molecule has 3 heterocycles. The van der Waals surface area contributed by atoms with Crippen molar-refractivity contribution in [2.24, 2.45) is 5.73 Å². The van der Waals surface area contributed by atoms with Gasteiger partial charge in [-0.1, -0.05) is 30.3 Å². The molecule has 1 aromatic rings. The van der Waals surface area contributed by atoms with E-state index in [1.165, 1.54) is 0 Å². The van der Waals surface area contributed by atoms with Crippen LogP contribution in [0.5, 0.6) is 0 Å². The molecule has 3 aliphatic heterocycles. The van der Waals surface area contributed by atoms with Crippen LogP contribution in [0.2, 0.25) is 0 Å². The summed E-state index contributed by atoms with van der Waals surface area (Å²) < 4.78 is 5.42. The molecular weight excluding hydrogens is 422 g/mol. The zero-order valence-corrected chi connectivity index (χ0v) is 19.2. The van der Waals surface area contributed by atoms with Gasteiger partial charge >= 0.3 is 0 Å². The van der Waals surface area contributed by atoms with Crippen molar-refractivity contribution >= 4 is 18.2 Å². The van der Waals surface area contributed by atoms with Gasteiger partial charge in [0.2, 0.25) is 18.2 Å². The molecule has 0 radical (unpaired) electrons. The van der Waals surface area contributed by atoms with E-state index in [0.717, 1.165) is 31.6 Å². The number of hydrogen-bond donors (Lipinski definition) is 1. The van der Waals surface area contributed by atoms with Crippen LogP contribution in [0.15, 0.2) is 30.3 Å². The molecule has 0 saturated carbocycles. The van der Waals surface area contributed by atoms with Gasteiger partial charge in [-0.05, 0) is 31.4 Å². The Kier molecular flexibility index (Phi) is 7.95. The number of nitrogens with zero attached hydrogens (tertiary/aromatic N) is 4. The van der Waals surface area contributed by atoms with Gasteiger partial charge in [0, 0.05) is 38.6 Å². The van der Waals surface area contributed by atoms with Crippen molar-refractivity contribution in [2.45, 2.75) is 43.9 Å². The largest absolute Gasteiger partial charge is 0.379 e. The van der Waals surface area contributed by atoms with Crippen LogP contribution < -0.4 is 5.73 Å². The van der Waals surface area contributed by atoms with Gasteiger partial charge in [-0.15, -0.1) is 0 Å². The summed E-state index contributed by atoms with van der Waals surface area (Å²) in [6.45, 7) is 5.26. The number of piperazine rings is 1. The van der Waals surface area contributed by atoms with E-state index in [2.05, 4.69) is 4.90 Å². The predicted molar refractivity (Wildman–Crippen MR) is 123 cm³/mol. The average Bonchev–Trinajstić information content (AvgIpc) is 2.84. The second kappa shape index (κ2) is 11.1. The third-order valence-corrected chi connectivity index (χ3v) is 7.01. The lowest BCUT2D eigenvalue weighted by atomic mass is 9.93. The Morgan fingerprint density at radius 2 is 1.85 bits per heavy atom. The number of carbonyl (C=O) groups is 3. The Bertz CT molecular complexity index is 816. The summed E-state index contributed by atoms with van der Waals surface area (Å²) in [5.74, 6) is -0.0871. The van der Waals surface area contributed by atoms with Gasteiger partial charge in [-0.25, -0.2) is 0 Å². The van der Waals surface area contributed by atoms with E-state index in [-0.39, 0.29) is 24.3 Å². The molecule has 1 aromatic carbocycles. The molecular formula is C24H35N5O4. The molecule has 2 N–H and O–H groups in total. The van der Waals surface area contributed by atoms with Crippen molar-refractivity contribution in [3.8, 4) is 0 Å². The van der Waals surface area contributed by atoms with Gasteiger partial charge in [0.1, 0.15) is 12.2 Å². The van der Waals surface area contributed by atoms with Crippen molar-refractivity contribution < 1.29 is 19.1 Å². The minimum atomic E-state index is -0.565. The molecule has 0 spiro atoms. The van der Waals surface area contributed by atoms with Crippen molar-refractivity contribution in [3.05, 3.63) is 35.9 Å². The molecule has 3 saturated heterocycles. The zero-order chi connectivity index (χ0) is 23.2. The lowest BCUT2D eigenvalue weighted by Crippen LogP contribution is -2.72. The van der Waals surface area contributed by atoms with Gasteiger partial charge in [0.15, 0.2) is 0 Å².